The number of dihydropyridines is 1. The average molecular weight is 379 g/mol. The average Bonchev–Trinajstić information content (AvgIpc) is 2.69. The zero-order valence-corrected chi connectivity index (χ0v) is 15.1. The first kappa shape index (κ1) is 20.4. The third-order valence-electron chi connectivity index (χ3n) is 3.31. The summed E-state index contributed by atoms with van der Waals surface area (Å²) >= 11 is 0. The lowest BCUT2D eigenvalue weighted by atomic mass is 10.1. The summed E-state index contributed by atoms with van der Waals surface area (Å²) in [6, 6.07) is 0. The lowest BCUT2D eigenvalue weighted by Gasteiger charge is -2.14. The molecule has 7 heteroatoms. The van der Waals surface area contributed by atoms with E-state index in [0.29, 0.717) is 18.7 Å². The van der Waals surface area contributed by atoms with Gasteiger partial charge in [0.15, 0.2) is 12.1 Å². The van der Waals surface area contributed by atoms with Crippen molar-refractivity contribution in [1.82, 2.24) is 5.32 Å². The molecule has 0 saturated heterocycles. The third kappa shape index (κ3) is 8.01. The number of carboxylic acids is 1. The molecule has 0 unspecified atom stereocenters. The SMILES string of the molecule is O=C(O)C1=N\C=C/N=C/O\C=C/C=C/C=C/C=C/CC2=CNCC=C2O\C=C\1. The maximum Gasteiger partial charge on any atom is 0.354 e. The van der Waals surface area contributed by atoms with Gasteiger partial charge in [-0.3, -0.25) is 0 Å². The molecule has 0 spiro atoms. The molecule has 2 aliphatic rings. The molecule has 2 rings (SSSR count). The molecule has 144 valence electrons. The van der Waals surface area contributed by atoms with Crippen LogP contribution in [0.5, 0.6) is 0 Å². The molecule has 7 nitrogen and oxygen atoms in total. The summed E-state index contributed by atoms with van der Waals surface area (Å²) in [4.78, 5) is 18.9. The highest BCUT2D eigenvalue weighted by atomic mass is 16.5. The van der Waals surface area contributed by atoms with E-state index >= 15 is 0 Å². The summed E-state index contributed by atoms with van der Waals surface area (Å²) in [6.07, 6.45) is 25.4. The van der Waals surface area contributed by atoms with Crippen LogP contribution in [-0.4, -0.2) is 29.7 Å². The fourth-order valence-electron chi connectivity index (χ4n) is 2.04. The van der Waals surface area contributed by atoms with Crippen LogP contribution in [0.25, 0.3) is 0 Å². The van der Waals surface area contributed by atoms with Crippen LogP contribution < -0.4 is 5.32 Å². The van der Waals surface area contributed by atoms with Crippen LogP contribution in [0.1, 0.15) is 6.42 Å². The molecule has 28 heavy (non-hydrogen) atoms. The number of allylic oxidation sites excluding steroid dienone is 8. The van der Waals surface area contributed by atoms with E-state index in [1.165, 1.54) is 37.4 Å². The van der Waals surface area contributed by atoms with Gasteiger partial charge in [-0.1, -0.05) is 36.5 Å². The van der Waals surface area contributed by atoms with Crippen LogP contribution in [-0.2, 0) is 14.3 Å². The van der Waals surface area contributed by atoms with Gasteiger partial charge in [0.2, 0.25) is 0 Å². The van der Waals surface area contributed by atoms with Gasteiger partial charge in [0.25, 0.3) is 0 Å². The predicted octanol–water partition coefficient (Wildman–Crippen LogP) is 3.52. The fraction of sp³-hybridized carbons (Fsp3) is 0.0952. The van der Waals surface area contributed by atoms with Crippen molar-refractivity contribution in [2.24, 2.45) is 9.98 Å². The summed E-state index contributed by atoms with van der Waals surface area (Å²) < 4.78 is 10.6. The summed E-state index contributed by atoms with van der Waals surface area (Å²) in [5.74, 6) is -0.510. The first-order valence-corrected chi connectivity index (χ1v) is 8.52. The van der Waals surface area contributed by atoms with Crippen LogP contribution in [0.15, 0.2) is 107 Å². The van der Waals surface area contributed by atoms with E-state index in [0.717, 1.165) is 5.57 Å². The first-order chi connectivity index (χ1) is 13.8. The molecule has 2 N–H and O–H groups in total. The largest absolute Gasteiger partial charge is 0.477 e. The molecule has 0 atom stereocenters. The smallest absolute Gasteiger partial charge is 0.354 e. The second-order valence-electron chi connectivity index (χ2n) is 5.31. The number of hydrogen-bond acceptors (Lipinski definition) is 6. The van der Waals surface area contributed by atoms with Gasteiger partial charge in [0.05, 0.1) is 12.5 Å². The summed E-state index contributed by atoms with van der Waals surface area (Å²) in [5.41, 5.74) is 0.763. The maximum absolute atomic E-state index is 11.3. The van der Waals surface area contributed by atoms with E-state index in [-0.39, 0.29) is 5.71 Å². The van der Waals surface area contributed by atoms with Gasteiger partial charge in [-0.2, -0.15) is 0 Å². The normalized spacial score (nSPS) is 27.6. The van der Waals surface area contributed by atoms with Crippen LogP contribution >= 0.6 is 0 Å². The van der Waals surface area contributed by atoms with Gasteiger partial charge >= 0.3 is 5.97 Å². The Hall–Kier alpha value is -3.87. The number of hydrogen-bond donors (Lipinski definition) is 2. The van der Waals surface area contributed by atoms with E-state index < -0.39 is 5.97 Å². The van der Waals surface area contributed by atoms with E-state index in [4.69, 9.17) is 9.47 Å². The molecule has 0 radical (unpaired) electrons. The molecular weight excluding hydrogens is 358 g/mol. The van der Waals surface area contributed by atoms with Gasteiger partial charge in [0.1, 0.15) is 5.76 Å². The Labute approximate surface area is 163 Å². The number of aliphatic imine (C=N–C) groups is 2. The van der Waals surface area contributed by atoms with Crippen molar-refractivity contribution in [3.05, 3.63) is 97.1 Å². The van der Waals surface area contributed by atoms with Crippen LogP contribution in [0.2, 0.25) is 0 Å². The number of fused-ring (bicyclic) bond motifs is 1. The molecule has 0 aromatic heterocycles. The molecule has 0 fully saturated rings. The Morgan fingerprint density at radius 3 is 2.75 bits per heavy atom. The van der Waals surface area contributed by atoms with Crippen LogP contribution in [0.3, 0.4) is 0 Å². The number of nitrogens with one attached hydrogen (secondary N) is 1. The number of carboxylic acid groups (broad SMARTS) is 1. The predicted molar refractivity (Wildman–Crippen MR) is 109 cm³/mol. The highest BCUT2D eigenvalue weighted by Crippen LogP contribution is 2.18. The van der Waals surface area contributed by atoms with Crippen molar-refractivity contribution in [3.8, 4) is 0 Å². The Morgan fingerprint density at radius 1 is 1.07 bits per heavy atom. The number of nitrogens with zero attached hydrogens (tertiary/aromatic N) is 2. The molecule has 0 saturated carbocycles. The molecule has 0 aromatic carbocycles. The molecule has 0 bridgehead atoms. The highest BCUT2D eigenvalue weighted by molar-refractivity contribution is 6.40. The van der Waals surface area contributed by atoms with Gasteiger partial charge in [-0.25, -0.2) is 14.8 Å². The molecule has 0 aliphatic carbocycles. The van der Waals surface area contributed by atoms with Crippen molar-refractivity contribution in [2.75, 3.05) is 6.54 Å². The van der Waals surface area contributed by atoms with Gasteiger partial charge in [0, 0.05) is 36.8 Å². The van der Waals surface area contributed by atoms with E-state index in [9.17, 15) is 9.90 Å². The van der Waals surface area contributed by atoms with E-state index in [1.54, 1.807) is 6.08 Å². The molecule has 2 heterocycles. The number of aliphatic carboxylic acids is 1. The Morgan fingerprint density at radius 2 is 1.89 bits per heavy atom. The Kier molecular flexibility index (Phi) is 9.11. The van der Waals surface area contributed by atoms with Crippen LogP contribution in [0.4, 0.5) is 0 Å². The molecule has 0 amide bonds. The first-order valence-electron chi connectivity index (χ1n) is 8.52. The summed E-state index contributed by atoms with van der Waals surface area (Å²) in [7, 11) is 0. The second kappa shape index (κ2) is 12.5. The summed E-state index contributed by atoms with van der Waals surface area (Å²) in [5, 5.41) is 12.3. The van der Waals surface area contributed by atoms with E-state index in [2.05, 4.69) is 15.3 Å². The zero-order valence-electron chi connectivity index (χ0n) is 15.1. The Balaban J connectivity index is 2.18. The van der Waals surface area contributed by atoms with Crippen molar-refractivity contribution in [2.45, 2.75) is 6.42 Å². The number of rotatable bonds is 1. The summed E-state index contributed by atoms with van der Waals surface area (Å²) in [6.45, 7) is 0.636. The quantitative estimate of drug-likeness (QED) is 0.727. The minimum absolute atomic E-state index is 0.187. The molecular formula is C21H21N3O4. The highest BCUT2D eigenvalue weighted by Gasteiger charge is 2.09. The second-order valence-corrected chi connectivity index (χ2v) is 5.31. The minimum Gasteiger partial charge on any atom is -0.477 e. The van der Waals surface area contributed by atoms with Gasteiger partial charge in [-0.05, 0) is 18.6 Å². The van der Waals surface area contributed by atoms with Crippen molar-refractivity contribution in [3.63, 3.8) is 0 Å². The standard InChI is InChI=1S/C21H21N3O4/c25-21(26)19-10-15-28-20-9-11-22-16-18(20)8-6-4-2-1-3-5-7-14-27-17-23-12-13-24-19/h1-7,9-10,12-17,22H,8,11H2,(H,25,26)/b2-1+,5-3+,6-4+,13-12-,14-7-,15-10+,23-17+,24-19-. The van der Waals surface area contributed by atoms with Gasteiger partial charge in [-0.15, -0.1) is 0 Å². The lowest BCUT2D eigenvalue weighted by molar-refractivity contribution is -0.129. The number of ether oxygens (including phenoxy) is 2. The topological polar surface area (TPSA) is 92.5 Å². The maximum atomic E-state index is 11.3. The van der Waals surface area contributed by atoms with Crippen molar-refractivity contribution >= 4 is 18.1 Å². The zero-order chi connectivity index (χ0) is 19.9. The van der Waals surface area contributed by atoms with Crippen molar-refractivity contribution in [1.29, 1.82) is 0 Å². The van der Waals surface area contributed by atoms with Crippen LogP contribution in [0, 0.1) is 0 Å². The van der Waals surface area contributed by atoms with Gasteiger partial charge < -0.3 is 19.9 Å². The number of carbonyl (C=O) groups is 1. The minimum atomic E-state index is -1.18. The Bertz CT molecular complexity index is 838. The molecule has 2 aliphatic heterocycles. The van der Waals surface area contributed by atoms with E-state index in [1.807, 2.05) is 48.7 Å². The monoisotopic (exact) mass is 379 g/mol. The fourth-order valence-corrected chi connectivity index (χ4v) is 2.04. The third-order valence-corrected chi connectivity index (χ3v) is 3.31. The molecule has 0 aromatic rings. The van der Waals surface area contributed by atoms with Crippen molar-refractivity contribution < 1.29 is 19.4 Å². The lowest BCUT2D eigenvalue weighted by Crippen LogP contribution is -2.13.